The normalized spacial score (nSPS) is 13.0. The first-order chi connectivity index (χ1) is 11.4. The van der Waals surface area contributed by atoms with E-state index >= 15 is 0 Å². The summed E-state index contributed by atoms with van der Waals surface area (Å²) in [5.41, 5.74) is 1.13. The monoisotopic (exact) mass is 330 g/mol. The summed E-state index contributed by atoms with van der Waals surface area (Å²) in [5, 5.41) is 13.4. The van der Waals surface area contributed by atoms with Crippen molar-refractivity contribution < 1.29 is 18.9 Å². The van der Waals surface area contributed by atoms with Crippen molar-refractivity contribution in [1.29, 1.82) is 5.26 Å². The van der Waals surface area contributed by atoms with Crippen LogP contribution in [0, 0.1) is 23.0 Å². The molecule has 0 aromatic heterocycles. The molecule has 6 heteroatoms. The van der Waals surface area contributed by atoms with E-state index in [4.69, 9.17) is 5.26 Å². The van der Waals surface area contributed by atoms with Gasteiger partial charge in [-0.15, -0.1) is 0 Å². The van der Waals surface area contributed by atoms with Gasteiger partial charge in [-0.3, -0.25) is 4.79 Å². The molecule has 0 spiro atoms. The molecule has 0 aliphatic carbocycles. The molecule has 0 bridgehead atoms. The van der Waals surface area contributed by atoms with Gasteiger partial charge in [-0.2, -0.15) is 5.26 Å². The second kappa shape index (κ2) is 7.66. The number of carbonyl (C=O) groups is 1. The molecular formula is C18H18F2N3O+. The summed E-state index contributed by atoms with van der Waals surface area (Å²) >= 11 is 0. The van der Waals surface area contributed by atoms with E-state index in [1.165, 1.54) is 12.1 Å². The average Bonchev–Trinajstić information content (AvgIpc) is 2.55. The quantitative estimate of drug-likeness (QED) is 0.884. The molecule has 2 aromatic carbocycles. The Kier molecular flexibility index (Phi) is 5.61. The number of benzene rings is 2. The highest BCUT2D eigenvalue weighted by Crippen LogP contribution is 2.16. The second-order valence-corrected chi connectivity index (χ2v) is 5.58. The molecular weight excluding hydrogens is 312 g/mol. The number of quaternary nitrogens is 1. The summed E-state index contributed by atoms with van der Waals surface area (Å²) in [6, 6.07) is 11.2. The Morgan fingerprint density at radius 2 is 1.92 bits per heavy atom. The van der Waals surface area contributed by atoms with Crippen LogP contribution in [0.4, 0.5) is 14.5 Å². The van der Waals surface area contributed by atoms with E-state index in [-0.39, 0.29) is 11.9 Å². The van der Waals surface area contributed by atoms with Gasteiger partial charge in [0, 0.05) is 11.6 Å². The lowest BCUT2D eigenvalue weighted by Crippen LogP contribution is -2.91. The van der Waals surface area contributed by atoms with Crippen LogP contribution >= 0.6 is 0 Å². The maximum atomic E-state index is 13.8. The number of amides is 1. The van der Waals surface area contributed by atoms with E-state index in [9.17, 15) is 13.6 Å². The van der Waals surface area contributed by atoms with Crippen LogP contribution in [-0.2, 0) is 4.79 Å². The highest BCUT2D eigenvalue weighted by Gasteiger charge is 2.23. The van der Waals surface area contributed by atoms with Crippen molar-refractivity contribution >= 4 is 11.6 Å². The van der Waals surface area contributed by atoms with E-state index in [2.05, 4.69) is 5.32 Å². The molecule has 0 heterocycles. The predicted octanol–water partition coefficient (Wildman–Crippen LogP) is 2.49. The third-order valence-corrected chi connectivity index (χ3v) is 3.75. The van der Waals surface area contributed by atoms with Crippen molar-refractivity contribution in [2.75, 3.05) is 5.32 Å². The number of nitrogens with zero attached hydrogens (tertiary/aromatic N) is 1. The molecule has 4 nitrogen and oxygen atoms in total. The topological polar surface area (TPSA) is 69.5 Å². The maximum absolute atomic E-state index is 13.8. The number of nitriles is 1. The summed E-state index contributed by atoms with van der Waals surface area (Å²) in [4.78, 5) is 12.3. The Bertz CT molecular complexity index is 786. The number of rotatable bonds is 5. The molecule has 0 radical (unpaired) electrons. The Balaban J connectivity index is 2.04. The Labute approximate surface area is 139 Å². The fourth-order valence-corrected chi connectivity index (χ4v) is 2.43. The minimum atomic E-state index is -0.638. The number of hydrogen-bond donors (Lipinski definition) is 2. The van der Waals surface area contributed by atoms with Gasteiger partial charge in [-0.25, -0.2) is 8.78 Å². The molecule has 0 fully saturated rings. The summed E-state index contributed by atoms with van der Waals surface area (Å²) < 4.78 is 26.8. The zero-order valence-electron chi connectivity index (χ0n) is 13.4. The number of carbonyl (C=O) groups excluding carboxylic acids is 1. The molecule has 2 aromatic rings. The molecule has 2 atom stereocenters. The number of para-hydroxylation sites is 1. The van der Waals surface area contributed by atoms with Gasteiger partial charge in [0.2, 0.25) is 0 Å². The van der Waals surface area contributed by atoms with E-state index in [1.54, 1.807) is 43.4 Å². The summed E-state index contributed by atoms with van der Waals surface area (Å²) in [6.45, 7) is 3.42. The molecule has 1 amide bonds. The minimum absolute atomic E-state index is 0.299. The van der Waals surface area contributed by atoms with Crippen molar-refractivity contribution in [2.45, 2.75) is 25.9 Å². The van der Waals surface area contributed by atoms with Crippen molar-refractivity contribution in [2.24, 2.45) is 0 Å². The fourth-order valence-electron chi connectivity index (χ4n) is 2.43. The zero-order valence-corrected chi connectivity index (χ0v) is 13.4. The van der Waals surface area contributed by atoms with Crippen molar-refractivity contribution in [1.82, 2.24) is 0 Å². The summed E-state index contributed by atoms with van der Waals surface area (Å²) in [5.74, 6) is -1.57. The van der Waals surface area contributed by atoms with Crippen molar-refractivity contribution in [3.05, 3.63) is 65.2 Å². The first-order valence-electron chi connectivity index (χ1n) is 7.52. The Hall–Kier alpha value is -2.78. The van der Waals surface area contributed by atoms with Crippen LogP contribution in [0.1, 0.15) is 31.0 Å². The van der Waals surface area contributed by atoms with Gasteiger partial charge in [0.05, 0.1) is 11.3 Å². The van der Waals surface area contributed by atoms with Crippen molar-refractivity contribution in [3.63, 3.8) is 0 Å². The SMILES string of the molecule is C[C@H]([NH2+][C@@H](C)c1ccc(F)cc1F)C(=O)Nc1ccccc1C#N. The van der Waals surface area contributed by atoms with Crippen LogP contribution in [0.15, 0.2) is 42.5 Å². The van der Waals surface area contributed by atoms with Gasteiger partial charge in [-0.05, 0) is 38.1 Å². The molecule has 24 heavy (non-hydrogen) atoms. The van der Waals surface area contributed by atoms with E-state index < -0.39 is 17.7 Å². The largest absolute Gasteiger partial charge is 0.330 e. The van der Waals surface area contributed by atoms with E-state index in [0.717, 1.165) is 6.07 Å². The van der Waals surface area contributed by atoms with Crippen molar-refractivity contribution in [3.8, 4) is 6.07 Å². The molecule has 124 valence electrons. The third kappa shape index (κ3) is 4.15. The Morgan fingerprint density at radius 1 is 1.21 bits per heavy atom. The lowest BCUT2D eigenvalue weighted by molar-refractivity contribution is -0.710. The smallest absolute Gasteiger partial charge is 0.282 e. The van der Waals surface area contributed by atoms with Gasteiger partial charge in [0.1, 0.15) is 23.7 Å². The number of nitrogens with two attached hydrogens (primary N) is 1. The lowest BCUT2D eigenvalue weighted by atomic mass is 10.1. The number of anilines is 1. The Morgan fingerprint density at radius 3 is 2.58 bits per heavy atom. The molecule has 0 aliphatic rings. The molecule has 0 aliphatic heterocycles. The molecule has 0 saturated heterocycles. The first kappa shape index (κ1) is 17.6. The van der Waals surface area contributed by atoms with Crippen LogP contribution in [0.2, 0.25) is 0 Å². The van der Waals surface area contributed by atoms with Gasteiger partial charge in [0.15, 0.2) is 6.04 Å². The lowest BCUT2D eigenvalue weighted by Gasteiger charge is -2.17. The van der Waals surface area contributed by atoms with Crippen LogP contribution in [-0.4, -0.2) is 11.9 Å². The van der Waals surface area contributed by atoms with Gasteiger partial charge >= 0.3 is 0 Å². The highest BCUT2D eigenvalue weighted by molar-refractivity contribution is 5.94. The zero-order chi connectivity index (χ0) is 17.7. The predicted molar refractivity (Wildman–Crippen MR) is 85.9 cm³/mol. The standard InChI is InChI=1S/C18H17F2N3O/c1-11(15-8-7-14(19)9-16(15)20)22-12(2)18(24)23-17-6-4-3-5-13(17)10-21/h3-9,11-12,22H,1-2H3,(H,23,24)/p+1/t11-,12-/m0/s1. The maximum Gasteiger partial charge on any atom is 0.282 e. The van der Waals surface area contributed by atoms with Crippen LogP contribution in [0.5, 0.6) is 0 Å². The van der Waals surface area contributed by atoms with Crippen LogP contribution in [0.3, 0.4) is 0 Å². The first-order valence-corrected chi connectivity index (χ1v) is 7.52. The van der Waals surface area contributed by atoms with Gasteiger partial charge in [0.25, 0.3) is 5.91 Å². The summed E-state index contributed by atoms with van der Waals surface area (Å²) in [7, 11) is 0. The van der Waals surface area contributed by atoms with E-state index in [0.29, 0.717) is 16.8 Å². The minimum Gasteiger partial charge on any atom is -0.330 e. The third-order valence-electron chi connectivity index (χ3n) is 3.75. The molecule has 2 rings (SSSR count). The molecule has 3 N–H and O–H groups in total. The number of halogens is 2. The summed E-state index contributed by atoms with van der Waals surface area (Å²) in [6.07, 6.45) is 0. The van der Waals surface area contributed by atoms with Gasteiger partial charge in [-0.1, -0.05) is 12.1 Å². The highest BCUT2D eigenvalue weighted by atomic mass is 19.1. The number of hydrogen-bond acceptors (Lipinski definition) is 2. The second-order valence-electron chi connectivity index (χ2n) is 5.58. The molecule has 0 saturated carbocycles. The van der Waals surface area contributed by atoms with Gasteiger partial charge < -0.3 is 10.6 Å². The van der Waals surface area contributed by atoms with E-state index in [1.807, 2.05) is 6.07 Å². The number of nitrogens with one attached hydrogen (secondary N) is 1. The fraction of sp³-hybridized carbons (Fsp3) is 0.222. The molecule has 0 unspecified atom stereocenters. The average molecular weight is 330 g/mol. The van der Waals surface area contributed by atoms with Crippen LogP contribution in [0.25, 0.3) is 0 Å². The van der Waals surface area contributed by atoms with Crippen LogP contribution < -0.4 is 10.6 Å².